The highest BCUT2D eigenvalue weighted by atomic mass is 32.2. The molecule has 0 aliphatic carbocycles. The minimum absolute atomic E-state index is 0.734. The predicted octanol–water partition coefficient (Wildman–Crippen LogP) is 2.80. The lowest BCUT2D eigenvalue weighted by molar-refractivity contribution is 0.552. The molecule has 0 saturated carbocycles. The van der Waals surface area contributed by atoms with Gasteiger partial charge in [0, 0.05) is 0 Å². The Morgan fingerprint density at radius 3 is 2.35 bits per heavy atom. The summed E-state index contributed by atoms with van der Waals surface area (Å²) in [5.41, 5.74) is 0. The van der Waals surface area contributed by atoms with Crippen LogP contribution in [0.25, 0.3) is 0 Å². The lowest BCUT2D eigenvalue weighted by Gasteiger charge is -2.06. The second-order valence-electron chi connectivity index (χ2n) is 2.99. The first-order valence-electron chi connectivity index (χ1n) is 6.86. The van der Waals surface area contributed by atoms with Crippen molar-refractivity contribution < 1.29 is 24.1 Å². The molecule has 0 aliphatic rings. The Kier molecular flexibility index (Phi) is 1.72. The van der Waals surface area contributed by atoms with E-state index < -0.39 is 61.5 Å². The summed E-state index contributed by atoms with van der Waals surface area (Å²) in [4.78, 5) is -2.37. The Hall–Kier alpha value is -1.75. The van der Waals surface area contributed by atoms with E-state index in [0.29, 0.717) is 0 Å². The number of rotatable bonds is 2. The van der Waals surface area contributed by atoms with E-state index >= 15 is 0 Å². The Morgan fingerprint density at radius 2 is 1.59 bits per heavy atom. The van der Waals surface area contributed by atoms with Crippen LogP contribution in [0, 0.1) is 11.6 Å². The first-order valence-corrected chi connectivity index (χ1v) is 5.85. The molecule has 0 radical (unpaired) electrons. The second-order valence-corrected chi connectivity index (χ2v) is 4.85. The van der Waals surface area contributed by atoms with Crippen molar-refractivity contribution in [3.8, 4) is 0 Å². The van der Waals surface area contributed by atoms with Crippen molar-refractivity contribution in [3.05, 3.63) is 60.0 Å². The van der Waals surface area contributed by atoms with Gasteiger partial charge in [-0.15, -0.1) is 0 Å². The first-order chi connectivity index (χ1) is 10.1. The first kappa shape index (κ1) is 6.86. The monoisotopic (exact) mass is 259 g/mol. The number of sulfone groups is 1. The third-order valence-electron chi connectivity index (χ3n) is 1.94. The summed E-state index contributed by atoms with van der Waals surface area (Å²) in [7, 11) is -4.90. The Balaban J connectivity index is 2.90. The van der Waals surface area contributed by atoms with Crippen LogP contribution in [0.1, 0.15) is 6.85 Å². The van der Waals surface area contributed by atoms with Gasteiger partial charge in [0.15, 0.2) is 0 Å². The normalized spacial score (nSPS) is 15.5. The van der Waals surface area contributed by atoms with Crippen molar-refractivity contribution in [3.63, 3.8) is 0 Å². The summed E-state index contributed by atoms with van der Waals surface area (Å²) in [6, 6.07) is -2.06. The number of halogens is 2. The fourth-order valence-corrected chi connectivity index (χ4v) is 2.43. The zero-order valence-corrected chi connectivity index (χ0v) is 9.03. The molecule has 0 spiro atoms. The van der Waals surface area contributed by atoms with E-state index in [9.17, 15) is 17.2 Å². The van der Waals surface area contributed by atoms with Gasteiger partial charge in [0.2, 0.25) is 9.84 Å². The van der Waals surface area contributed by atoms with Gasteiger partial charge in [-0.25, -0.2) is 17.2 Å². The molecule has 5 heteroatoms. The molecule has 0 saturated heterocycles. The Bertz CT molecular complexity index is 855. The van der Waals surface area contributed by atoms with Gasteiger partial charge < -0.3 is 0 Å². The maximum atomic E-state index is 14.1. The molecule has 2 aromatic rings. The topological polar surface area (TPSA) is 34.1 Å². The largest absolute Gasteiger partial charge is 0.218 e. The molecule has 0 bridgehead atoms. The molecule has 2 nitrogen and oxygen atoms in total. The molecule has 88 valence electrons. The van der Waals surface area contributed by atoms with E-state index in [1.54, 1.807) is 0 Å². The van der Waals surface area contributed by atoms with Gasteiger partial charge in [-0.1, -0.05) is 24.2 Å². The zero-order chi connectivity index (χ0) is 16.8. The third kappa shape index (κ3) is 2.06. The molecule has 0 heterocycles. The van der Waals surface area contributed by atoms with Gasteiger partial charge in [-0.05, 0) is 24.2 Å². The van der Waals surface area contributed by atoms with Crippen LogP contribution in [0.4, 0.5) is 8.78 Å². The van der Waals surface area contributed by atoms with Gasteiger partial charge in [-0.3, -0.25) is 0 Å². The Morgan fingerprint density at radius 1 is 0.941 bits per heavy atom. The molecule has 0 fully saturated rings. The van der Waals surface area contributed by atoms with Crippen LogP contribution in [-0.2, 0) is 9.84 Å². The second kappa shape index (κ2) is 4.25. The fraction of sp³-hybridized carbons (Fsp3) is 0. The average Bonchev–Trinajstić information content (AvgIpc) is 2.45. The molecule has 0 amide bonds. The lowest BCUT2D eigenvalue weighted by Crippen LogP contribution is -2.06. The summed E-state index contributed by atoms with van der Waals surface area (Å²) in [5.74, 6) is -3.12. The van der Waals surface area contributed by atoms with Crippen molar-refractivity contribution in [1.29, 1.82) is 0 Å². The van der Waals surface area contributed by atoms with Gasteiger partial charge in [0.25, 0.3) is 0 Å². The van der Waals surface area contributed by atoms with Crippen molar-refractivity contribution in [2.75, 3.05) is 0 Å². The summed E-state index contributed by atoms with van der Waals surface area (Å²) >= 11 is 0. The van der Waals surface area contributed by atoms with Crippen LogP contribution < -0.4 is 0 Å². The van der Waals surface area contributed by atoms with Gasteiger partial charge >= 0.3 is 0 Å². The number of hydrogen-bond acceptors (Lipinski definition) is 2. The number of benzene rings is 2. The molecular weight excluding hydrogens is 246 g/mol. The highest BCUT2D eigenvalue weighted by Gasteiger charge is 2.24. The van der Waals surface area contributed by atoms with E-state index in [0.717, 1.165) is 18.2 Å². The van der Waals surface area contributed by atoms with Crippen LogP contribution >= 0.6 is 0 Å². The molecule has 2 aromatic carbocycles. The van der Waals surface area contributed by atoms with Crippen LogP contribution in [0.15, 0.2) is 58.2 Å². The zero-order valence-electron chi connectivity index (χ0n) is 13.2. The smallest absolute Gasteiger partial charge is 0.212 e. The molecule has 0 aliphatic heterocycles. The molecule has 2 rings (SSSR count). The average molecular weight is 259 g/mol. The van der Waals surface area contributed by atoms with E-state index in [1.807, 2.05) is 0 Å². The van der Waals surface area contributed by atoms with Crippen LogP contribution in [0.3, 0.4) is 0 Å². The predicted molar refractivity (Wildman–Crippen MR) is 58.3 cm³/mol. The molecule has 0 N–H and O–H groups in total. The van der Waals surface area contributed by atoms with Crippen molar-refractivity contribution >= 4 is 9.84 Å². The van der Waals surface area contributed by atoms with Crippen LogP contribution in [0.5, 0.6) is 0 Å². The maximum absolute atomic E-state index is 14.1. The quantitative estimate of drug-likeness (QED) is 0.831. The Labute approximate surface area is 104 Å². The molecule has 0 aromatic heterocycles. The summed E-state index contributed by atoms with van der Waals surface area (Å²) in [5, 5.41) is 0. The molecule has 0 atom stereocenters. The minimum atomic E-state index is -4.90. The molecular formula is C12H8F2O2S. The van der Waals surface area contributed by atoms with Gasteiger partial charge in [0.05, 0.1) is 6.85 Å². The highest BCUT2D eigenvalue weighted by Crippen LogP contribution is 2.24. The maximum Gasteiger partial charge on any atom is 0.212 e. The van der Waals surface area contributed by atoms with Crippen molar-refractivity contribution in [2.45, 2.75) is 9.79 Å². The fourth-order valence-electron chi connectivity index (χ4n) is 1.19. The molecule has 0 unspecified atom stereocenters. The summed E-state index contributed by atoms with van der Waals surface area (Å²) in [6.07, 6.45) is 0. The van der Waals surface area contributed by atoms with E-state index in [4.69, 9.17) is 6.85 Å². The standard InChI is InChI=1S/C12H8F2O2S/c13-9-5-1-3-7-11(9)17(15,16)12-8-4-2-6-10(12)14/h1-8H/i1D,3D,5D,6D,7D. The van der Waals surface area contributed by atoms with Crippen LogP contribution in [0.2, 0.25) is 0 Å². The SMILES string of the molecule is [2H]c1cccc(S(=O)(=O)c2c([2H])c([2H])c([2H])c([2H])c2F)c1F. The van der Waals surface area contributed by atoms with E-state index in [1.165, 1.54) is 0 Å². The van der Waals surface area contributed by atoms with Crippen LogP contribution in [-0.4, -0.2) is 8.42 Å². The lowest BCUT2D eigenvalue weighted by atomic mass is 10.3. The molecule has 17 heavy (non-hydrogen) atoms. The summed E-state index contributed by atoms with van der Waals surface area (Å²) < 4.78 is 89.4. The van der Waals surface area contributed by atoms with Crippen molar-refractivity contribution in [2.24, 2.45) is 0 Å². The van der Waals surface area contributed by atoms with Gasteiger partial charge in [0.1, 0.15) is 21.4 Å². The highest BCUT2D eigenvalue weighted by molar-refractivity contribution is 7.91. The van der Waals surface area contributed by atoms with Gasteiger partial charge in [-0.2, -0.15) is 0 Å². The third-order valence-corrected chi connectivity index (χ3v) is 3.65. The van der Waals surface area contributed by atoms with E-state index in [2.05, 4.69) is 0 Å². The number of hydrogen-bond donors (Lipinski definition) is 0. The summed E-state index contributed by atoms with van der Waals surface area (Å²) in [6.45, 7) is 0. The van der Waals surface area contributed by atoms with E-state index in [-0.39, 0.29) is 0 Å². The minimum Gasteiger partial charge on any atom is -0.218 e. The van der Waals surface area contributed by atoms with Crippen molar-refractivity contribution in [1.82, 2.24) is 0 Å².